The highest BCUT2D eigenvalue weighted by molar-refractivity contribution is 7.89. The van der Waals surface area contributed by atoms with Crippen molar-refractivity contribution in [1.82, 2.24) is 10.0 Å². The van der Waals surface area contributed by atoms with Crippen molar-refractivity contribution in [1.29, 1.82) is 0 Å². The van der Waals surface area contributed by atoms with Crippen LogP contribution in [0.3, 0.4) is 0 Å². The molecule has 1 aliphatic heterocycles. The molecular weight excluding hydrogens is 311 g/mol. The molecule has 1 heterocycles. The Morgan fingerprint density at radius 2 is 2.00 bits per heavy atom. The fourth-order valence-electron chi connectivity index (χ4n) is 2.44. The van der Waals surface area contributed by atoms with E-state index < -0.39 is 20.7 Å². The Bertz CT molecular complexity index is 616. The molecule has 1 saturated heterocycles. The van der Waals surface area contributed by atoms with Crippen LogP contribution < -0.4 is 19.5 Å². The summed E-state index contributed by atoms with van der Waals surface area (Å²) in [6.07, 6.45) is 1.96. The normalized spacial score (nSPS) is 19.0. The molecule has 1 fully saturated rings. The van der Waals surface area contributed by atoms with E-state index in [0.717, 1.165) is 38.1 Å². The molecule has 0 spiro atoms. The second kappa shape index (κ2) is 7.26. The number of piperidine rings is 1. The molecule has 0 bridgehead atoms. The van der Waals surface area contributed by atoms with Crippen LogP contribution in [0.2, 0.25) is 0 Å². The molecule has 1 aromatic rings. The van der Waals surface area contributed by atoms with E-state index in [2.05, 4.69) is 10.0 Å². The standard InChI is InChI=1S/C14H21FN2O4S/c1-20-12-6-11(15)14(7-13(12)21-2)22(18,19)17-9-10-4-3-5-16-8-10/h6-7,10,16-17H,3-5,8-9H2,1-2H3/t10-/m0/s1. The molecule has 2 rings (SSSR count). The van der Waals surface area contributed by atoms with Gasteiger partial charge in [-0.15, -0.1) is 0 Å². The first-order valence-electron chi connectivity index (χ1n) is 7.10. The lowest BCUT2D eigenvalue weighted by Gasteiger charge is -2.23. The van der Waals surface area contributed by atoms with Gasteiger partial charge >= 0.3 is 0 Å². The van der Waals surface area contributed by atoms with E-state index in [1.165, 1.54) is 14.2 Å². The molecule has 0 saturated carbocycles. The Balaban J connectivity index is 2.17. The topological polar surface area (TPSA) is 76.7 Å². The van der Waals surface area contributed by atoms with Gasteiger partial charge in [-0.1, -0.05) is 0 Å². The van der Waals surface area contributed by atoms with Gasteiger partial charge in [0.1, 0.15) is 10.7 Å². The summed E-state index contributed by atoms with van der Waals surface area (Å²) in [7, 11) is -1.21. The second-order valence-electron chi connectivity index (χ2n) is 5.20. The summed E-state index contributed by atoms with van der Waals surface area (Å²) in [5.41, 5.74) is 0. The number of hydrogen-bond acceptors (Lipinski definition) is 5. The van der Waals surface area contributed by atoms with Crippen molar-refractivity contribution in [3.05, 3.63) is 17.9 Å². The van der Waals surface area contributed by atoms with Crippen LogP contribution in [0.1, 0.15) is 12.8 Å². The molecule has 22 heavy (non-hydrogen) atoms. The first-order chi connectivity index (χ1) is 10.5. The van der Waals surface area contributed by atoms with Crippen molar-refractivity contribution in [2.75, 3.05) is 33.9 Å². The van der Waals surface area contributed by atoms with Crippen molar-refractivity contribution in [3.63, 3.8) is 0 Å². The van der Waals surface area contributed by atoms with Crippen LogP contribution in [-0.2, 0) is 10.0 Å². The Labute approximate surface area is 130 Å². The van der Waals surface area contributed by atoms with E-state index in [0.29, 0.717) is 0 Å². The van der Waals surface area contributed by atoms with Gasteiger partial charge in [-0.05, 0) is 31.8 Å². The largest absolute Gasteiger partial charge is 0.493 e. The molecule has 0 aromatic heterocycles. The predicted octanol–water partition coefficient (Wildman–Crippen LogP) is 1.12. The van der Waals surface area contributed by atoms with Crippen molar-refractivity contribution in [3.8, 4) is 11.5 Å². The third-order valence-electron chi connectivity index (χ3n) is 3.69. The number of rotatable bonds is 6. The van der Waals surface area contributed by atoms with Gasteiger partial charge in [0.2, 0.25) is 10.0 Å². The van der Waals surface area contributed by atoms with Gasteiger partial charge < -0.3 is 14.8 Å². The van der Waals surface area contributed by atoms with Crippen molar-refractivity contribution < 1.29 is 22.3 Å². The number of nitrogens with one attached hydrogen (secondary N) is 2. The third-order valence-corrected chi connectivity index (χ3v) is 5.13. The number of benzene rings is 1. The summed E-state index contributed by atoms with van der Waals surface area (Å²) in [5.74, 6) is -0.335. The predicted molar refractivity (Wildman–Crippen MR) is 80.3 cm³/mol. The van der Waals surface area contributed by atoms with Crippen LogP contribution in [0, 0.1) is 11.7 Å². The summed E-state index contributed by atoms with van der Waals surface area (Å²) >= 11 is 0. The Morgan fingerprint density at radius 1 is 1.32 bits per heavy atom. The lowest BCUT2D eigenvalue weighted by molar-refractivity contribution is 0.350. The number of hydrogen-bond donors (Lipinski definition) is 2. The van der Waals surface area contributed by atoms with Crippen molar-refractivity contribution >= 4 is 10.0 Å². The van der Waals surface area contributed by atoms with Gasteiger partial charge in [0.25, 0.3) is 0 Å². The summed E-state index contributed by atoms with van der Waals surface area (Å²) in [5, 5.41) is 3.21. The molecule has 1 aliphatic rings. The molecule has 0 unspecified atom stereocenters. The van der Waals surface area contributed by atoms with Crippen molar-refractivity contribution in [2.45, 2.75) is 17.7 Å². The highest BCUT2D eigenvalue weighted by atomic mass is 32.2. The van der Waals surface area contributed by atoms with Gasteiger partial charge in [0.05, 0.1) is 14.2 Å². The molecule has 6 nitrogen and oxygen atoms in total. The number of methoxy groups -OCH3 is 2. The third kappa shape index (κ3) is 3.88. The molecule has 0 aliphatic carbocycles. The summed E-state index contributed by atoms with van der Waals surface area (Å²) < 4.78 is 51.1. The van der Waals surface area contributed by atoms with E-state index in [1.807, 2.05) is 0 Å². The van der Waals surface area contributed by atoms with Gasteiger partial charge in [-0.2, -0.15) is 0 Å². The van der Waals surface area contributed by atoms with Crippen LogP contribution in [0.25, 0.3) is 0 Å². The Kier molecular flexibility index (Phi) is 5.60. The molecule has 0 radical (unpaired) electrons. The van der Waals surface area contributed by atoms with Crippen LogP contribution in [0.15, 0.2) is 17.0 Å². The molecule has 2 N–H and O–H groups in total. The molecule has 1 atom stereocenters. The zero-order valence-electron chi connectivity index (χ0n) is 12.7. The zero-order valence-corrected chi connectivity index (χ0v) is 13.5. The fraction of sp³-hybridized carbons (Fsp3) is 0.571. The van der Waals surface area contributed by atoms with E-state index >= 15 is 0 Å². The zero-order chi connectivity index (χ0) is 16.2. The molecule has 8 heteroatoms. The quantitative estimate of drug-likeness (QED) is 0.816. The lowest BCUT2D eigenvalue weighted by atomic mass is 10.0. The van der Waals surface area contributed by atoms with Crippen LogP contribution in [0.5, 0.6) is 11.5 Å². The SMILES string of the molecule is COc1cc(F)c(S(=O)(=O)NC[C@H]2CCCNC2)cc1OC. The smallest absolute Gasteiger partial charge is 0.243 e. The molecule has 1 aromatic carbocycles. The first-order valence-corrected chi connectivity index (χ1v) is 8.58. The van der Waals surface area contributed by atoms with E-state index in [-0.39, 0.29) is 24.0 Å². The second-order valence-corrected chi connectivity index (χ2v) is 6.94. The number of halogens is 1. The van der Waals surface area contributed by atoms with Crippen LogP contribution >= 0.6 is 0 Å². The molecule has 0 amide bonds. The highest BCUT2D eigenvalue weighted by Crippen LogP contribution is 2.31. The summed E-state index contributed by atoms with van der Waals surface area (Å²) in [6, 6.07) is 2.14. The maximum Gasteiger partial charge on any atom is 0.243 e. The maximum atomic E-state index is 14.0. The molecular formula is C14H21FN2O4S. The van der Waals surface area contributed by atoms with Gasteiger partial charge in [-0.3, -0.25) is 0 Å². The Hall–Kier alpha value is -1.38. The van der Waals surface area contributed by atoms with E-state index in [9.17, 15) is 12.8 Å². The highest BCUT2D eigenvalue weighted by Gasteiger charge is 2.24. The average molecular weight is 332 g/mol. The average Bonchev–Trinajstić information content (AvgIpc) is 2.53. The van der Waals surface area contributed by atoms with Crippen LogP contribution in [-0.4, -0.2) is 42.3 Å². The van der Waals surface area contributed by atoms with Crippen LogP contribution in [0.4, 0.5) is 4.39 Å². The van der Waals surface area contributed by atoms with Gasteiger partial charge in [0, 0.05) is 18.7 Å². The molecule has 124 valence electrons. The number of ether oxygens (including phenoxy) is 2. The van der Waals surface area contributed by atoms with Crippen molar-refractivity contribution in [2.24, 2.45) is 5.92 Å². The fourth-order valence-corrected chi connectivity index (χ4v) is 3.63. The monoisotopic (exact) mass is 332 g/mol. The first kappa shape index (κ1) is 17.0. The summed E-state index contributed by atoms with van der Waals surface area (Å²) in [6.45, 7) is 1.99. The van der Waals surface area contributed by atoms with E-state index in [4.69, 9.17) is 9.47 Å². The number of sulfonamides is 1. The minimum absolute atomic E-state index is 0.149. The minimum atomic E-state index is -3.94. The van der Waals surface area contributed by atoms with E-state index in [1.54, 1.807) is 0 Å². The van der Waals surface area contributed by atoms with Gasteiger partial charge in [0.15, 0.2) is 11.5 Å². The minimum Gasteiger partial charge on any atom is -0.493 e. The Morgan fingerprint density at radius 3 is 2.59 bits per heavy atom. The summed E-state index contributed by atoms with van der Waals surface area (Å²) in [4.78, 5) is -0.436. The lowest BCUT2D eigenvalue weighted by Crippen LogP contribution is -2.38. The van der Waals surface area contributed by atoms with Gasteiger partial charge in [-0.25, -0.2) is 17.5 Å². The maximum absolute atomic E-state index is 14.0.